The smallest absolute Gasteiger partial charge is 0.419 e. The molecule has 4 rings (SSSR count). The number of H-pyrrole nitrogens is 1. The fraction of sp³-hybridized carbons (Fsp3) is 0.364. The molecular weight excluding hydrogens is 439 g/mol. The number of halogens is 3. The lowest BCUT2D eigenvalue weighted by Gasteiger charge is -2.21. The van der Waals surface area contributed by atoms with E-state index in [0.717, 1.165) is 54.8 Å². The summed E-state index contributed by atoms with van der Waals surface area (Å²) in [4.78, 5) is 25.8. The van der Waals surface area contributed by atoms with E-state index in [-0.39, 0.29) is 11.7 Å². The van der Waals surface area contributed by atoms with Crippen LogP contribution in [0.2, 0.25) is 0 Å². The van der Waals surface area contributed by atoms with Crippen LogP contribution in [0.1, 0.15) is 43.7 Å². The van der Waals surface area contributed by atoms with Crippen LogP contribution in [-0.4, -0.2) is 25.9 Å². The molecule has 2 N–H and O–H groups in total. The zero-order chi connectivity index (χ0) is 23.4. The Balaban J connectivity index is 1.59. The summed E-state index contributed by atoms with van der Waals surface area (Å²) < 4.78 is 46.0. The molecule has 0 spiro atoms. The van der Waals surface area contributed by atoms with Gasteiger partial charge in [0.05, 0.1) is 18.0 Å². The summed E-state index contributed by atoms with van der Waals surface area (Å²) >= 11 is 0. The molecule has 1 aliphatic carbocycles. The Kier molecular flexibility index (Phi) is 6.47. The molecule has 2 aromatic heterocycles. The lowest BCUT2D eigenvalue weighted by molar-refractivity contribution is -0.138. The monoisotopic (exact) mass is 461 g/mol. The van der Waals surface area contributed by atoms with Crippen molar-refractivity contribution < 1.29 is 22.7 Å². The summed E-state index contributed by atoms with van der Waals surface area (Å²) in [6, 6.07) is 6.42. The minimum absolute atomic E-state index is 0.151. The van der Waals surface area contributed by atoms with Crippen LogP contribution in [0.15, 0.2) is 53.6 Å². The van der Waals surface area contributed by atoms with Crippen molar-refractivity contribution in [2.24, 2.45) is 5.92 Å². The number of ether oxygens (including phenoxy) is 1. The van der Waals surface area contributed by atoms with Crippen LogP contribution in [0.3, 0.4) is 0 Å². The van der Waals surface area contributed by atoms with E-state index in [9.17, 15) is 22.8 Å². The zero-order valence-electron chi connectivity index (χ0n) is 17.5. The first-order chi connectivity index (χ1) is 15.8. The second-order valence-corrected chi connectivity index (χ2v) is 7.93. The van der Waals surface area contributed by atoms with Crippen LogP contribution in [0.25, 0.3) is 0 Å². The van der Waals surface area contributed by atoms with Crippen LogP contribution in [-0.2, 0) is 11.0 Å². The number of nitrogens with one attached hydrogen (secondary N) is 2. The molecule has 3 aromatic rings. The number of carbonyl (C=O) groups is 1. The fourth-order valence-corrected chi connectivity index (χ4v) is 4.03. The van der Waals surface area contributed by atoms with Gasteiger partial charge in [-0.3, -0.25) is 14.7 Å². The molecule has 1 atom stereocenters. The first kappa shape index (κ1) is 22.6. The Morgan fingerprint density at radius 3 is 2.67 bits per heavy atom. The number of aromatic nitrogens is 4. The van der Waals surface area contributed by atoms with E-state index in [1.165, 1.54) is 18.3 Å². The van der Waals surface area contributed by atoms with Gasteiger partial charge in [-0.2, -0.15) is 23.4 Å². The number of hydrogen-bond acceptors (Lipinski definition) is 5. The van der Waals surface area contributed by atoms with E-state index in [4.69, 9.17) is 4.74 Å². The Bertz CT molecular complexity index is 1150. The fourth-order valence-electron chi connectivity index (χ4n) is 4.03. The molecule has 1 saturated carbocycles. The van der Waals surface area contributed by atoms with Crippen LogP contribution in [0.5, 0.6) is 11.5 Å². The quantitative estimate of drug-likeness (QED) is 0.538. The lowest BCUT2D eigenvalue weighted by atomic mass is 9.98. The molecule has 2 heterocycles. The summed E-state index contributed by atoms with van der Waals surface area (Å²) in [6.07, 6.45) is 2.47. The van der Waals surface area contributed by atoms with Gasteiger partial charge in [0.2, 0.25) is 0 Å². The van der Waals surface area contributed by atoms with Crippen molar-refractivity contribution in [2.75, 3.05) is 5.32 Å². The lowest BCUT2D eigenvalue weighted by Crippen LogP contribution is -2.35. The highest BCUT2D eigenvalue weighted by Gasteiger charge is 2.34. The third-order valence-corrected chi connectivity index (χ3v) is 5.61. The van der Waals surface area contributed by atoms with Crippen molar-refractivity contribution >= 4 is 11.7 Å². The topological polar surface area (TPSA) is 102 Å². The molecule has 1 fully saturated rings. The summed E-state index contributed by atoms with van der Waals surface area (Å²) in [5.41, 5.74) is -1.62. The van der Waals surface area contributed by atoms with Gasteiger partial charge in [-0.1, -0.05) is 37.8 Å². The zero-order valence-corrected chi connectivity index (χ0v) is 17.5. The molecule has 33 heavy (non-hydrogen) atoms. The van der Waals surface area contributed by atoms with Gasteiger partial charge in [0, 0.05) is 12.1 Å². The maximum Gasteiger partial charge on any atom is 0.419 e. The van der Waals surface area contributed by atoms with Crippen molar-refractivity contribution in [3.63, 3.8) is 0 Å². The number of aromatic amines is 1. The number of para-hydroxylation sites is 1. The molecule has 1 aliphatic rings. The second-order valence-electron chi connectivity index (χ2n) is 7.93. The molecule has 1 aromatic carbocycles. The molecule has 174 valence electrons. The third-order valence-electron chi connectivity index (χ3n) is 5.61. The Morgan fingerprint density at radius 2 is 2.00 bits per heavy atom. The van der Waals surface area contributed by atoms with Crippen molar-refractivity contribution in [1.82, 2.24) is 20.0 Å². The van der Waals surface area contributed by atoms with Crippen molar-refractivity contribution in [1.29, 1.82) is 0 Å². The molecular formula is C22H22F3N5O3. The number of hydrogen-bond donors (Lipinski definition) is 2. The Labute approximate surface area is 186 Å². The Morgan fingerprint density at radius 1 is 1.24 bits per heavy atom. The number of anilines is 1. The molecule has 0 radical (unpaired) electrons. The normalized spacial score (nSPS) is 15.4. The molecule has 11 heteroatoms. The standard InChI is InChI=1S/C22H22F3N5O3/c23-22(24,25)16-7-3-4-8-18(16)33-15-12-20(31)30(27-13-15)17(11-14-5-1-2-6-14)21(32)28-19-9-10-26-29-19/h3-4,7-10,12-14,17H,1-2,5-6,11H2,(H2,26,28,29,32). The van der Waals surface area contributed by atoms with E-state index in [1.807, 2.05) is 0 Å². The number of alkyl halides is 3. The van der Waals surface area contributed by atoms with E-state index < -0.39 is 35.0 Å². The number of amides is 1. The number of nitrogens with zero attached hydrogens (tertiary/aromatic N) is 3. The average Bonchev–Trinajstić information content (AvgIpc) is 3.46. The minimum Gasteiger partial charge on any atom is -0.455 e. The van der Waals surface area contributed by atoms with Crippen LogP contribution in [0, 0.1) is 5.92 Å². The molecule has 1 amide bonds. The average molecular weight is 461 g/mol. The van der Waals surface area contributed by atoms with Crippen molar-refractivity contribution in [3.05, 3.63) is 64.7 Å². The summed E-state index contributed by atoms with van der Waals surface area (Å²) in [7, 11) is 0. The van der Waals surface area contributed by atoms with E-state index in [0.29, 0.717) is 12.2 Å². The summed E-state index contributed by atoms with van der Waals surface area (Å²) in [5.74, 6) is -0.374. The van der Waals surface area contributed by atoms with Gasteiger partial charge in [0.15, 0.2) is 5.75 Å². The molecule has 1 unspecified atom stereocenters. The van der Waals surface area contributed by atoms with Gasteiger partial charge in [-0.05, 0) is 24.5 Å². The largest absolute Gasteiger partial charge is 0.455 e. The molecule has 0 aliphatic heterocycles. The summed E-state index contributed by atoms with van der Waals surface area (Å²) in [6.45, 7) is 0. The number of rotatable bonds is 7. The van der Waals surface area contributed by atoms with Gasteiger partial charge in [-0.15, -0.1) is 0 Å². The van der Waals surface area contributed by atoms with Crippen LogP contribution >= 0.6 is 0 Å². The van der Waals surface area contributed by atoms with Gasteiger partial charge < -0.3 is 10.1 Å². The highest BCUT2D eigenvalue weighted by Crippen LogP contribution is 2.37. The van der Waals surface area contributed by atoms with Crippen molar-refractivity contribution in [3.8, 4) is 11.5 Å². The van der Waals surface area contributed by atoms with Gasteiger partial charge in [0.1, 0.15) is 17.6 Å². The SMILES string of the molecule is O=C(Nc1ccn[nH]1)C(CC1CCCC1)n1ncc(Oc2ccccc2C(F)(F)F)cc1=O. The molecule has 0 saturated heterocycles. The maximum atomic E-state index is 13.2. The van der Waals surface area contributed by atoms with Gasteiger partial charge in [0.25, 0.3) is 11.5 Å². The second kappa shape index (κ2) is 9.47. The highest BCUT2D eigenvalue weighted by molar-refractivity contribution is 5.92. The van der Waals surface area contributed by atoms with Crippen LogP contribution in [0.4, 0.5) is 19.0 Å². The molecule has 8 nitrogen and oxygen atoms in total. The first-order valence-electron chi connectivity index (χ1n) is 10.5. The van der Waals surface area contributed by atoms with Crippen LogP contribution < -0.4 is 15.6 Å². The predicted molar refractivity (Wildman–Crippen MR) is 113 cm³/mol. The third kappa shape index (κ3) is 5.41. The maximum absolute atomic E-state index is 13.2. The first-order valence-corrected chi connectivity index (χ1v) is 10.5. The molecule has 0 bridgehead atoms. The van der Waals surface area contributed by atoms with Gasteiger partial charge >= 0.3 is 6.18 Å². The van der Waals surface area contributed by atoms with Gasteiger partial charge in [-0.25, -0.2) is 4.68 Å². The highest BCUT2D eigenvalue weighted by atomic mass is 19.4. The van der Waals surface area contributed by atoms with E-state index in [1.54, 1.807) is 6.07 Å². The number of benzene rings is 1. The number of carbonyl (C=O) groups excluding carboxylic acids is 1. The summed E-state index contributed by atoms with van der Waals surface area (Å²) in [5, 5.41) is 13.2. The minimum atomic E-state index is -4.61. The van der Waals surface area contributed by atoms with E-state index in [2.05, 4.69) is 20.6 Å². The Hall–Kier alpha value is -3.63. The van der Waals surface area contributed by atoms with E-state index >= 15 is 0 Å². The van der Waals surface area contributed by atoms with Crippen molar-refractivity contribution in [2.45, 2.75) is 44.3 Å². The predicted octanol–water partition coefficient (Wildman–Crippen LogP) is 4.54.